The van der Waals surface area contributed by atoms with Gasteiger partial charge in [-0.05, 0) is 54.8 Å². The topological polar surface area (TPSA) is 72.0 Å². The summed E-state index contributed by atoms with van der Waals surface area (Å²) in [6.45, 7) is 8.36. The van der Waals surface area contributed by atoms with E-state index in [9.17, 15) is 8.42 Å². The van der Waals surface area contributed by atoms with Gasteiger partial charge in [-0.15, -0.1) is 11.3 Å². The maximum absolute atomic E-state index is 11.7. The summed E-state index contributed by atoms with van der Waals surface area (Å²) in [7, 11) is -3.19. The van der Waals surface area contributed by atoms with Gasteiger partial charge in [0.15, 0.2) is 9.84 Å². The number of hydrogen-bond donors (Lipinski definition) is 1. The molecule has 2 aromatic heterocycles. The Morgan fingerprint density at radius 2 is 1.78 bits per heavy atom. The van der Waals surface area contributed by atoms with Crippen molar-refractivity contribution in [3.05, 3.63) is 46.6 Å². The molecule has 0 saturated heterocycles. The number of nitrogens with one attached hydrogen (secondary N) is 1. The lowest BCUT2D eigenvalue weighted by Gasteiger charge is -2.17. The van der Waals surface area contributed by atoms with Crippen LogP contribution in [0.1, 0.15) is 43.8 Å². The molecule has 0 aliphatic heterocycles. The fraction of sp³-hybridized carbons (Fsp3) is 0.400. The highest BCUT2D eigenvalue weighted by Crippen LogP contribution is 2.33. The maximum atomic E-state index is 11.7. The quantitative estimate of drug-likeness (QED) is 0.641. The second-order valence-electron chi connectivity index (χ2n) is 7.37. The normalized spacial score (nSPS) is 13.3. The molecule has 1 atom stereocenters. The number of fused-ring (bicyclic) bond motifs is 1. The van der Waals surface area contributed by atoms with Crippen LogP contribution in [0.3, 0.4) is 0 Å². The monoisotopic (exact) mass is 403 g/mol. The second kappa shape index (κ2) is 7.56. The molecule has 0 aliphatic rings. The van der Waals surface area contributed by atoms with Gasteiger partial charge in [-0.1, -0.05) is 26.0 Å². The van der Waals surface area contributed by atoms with E-state index >= 15 is 0 Å². The Labute approximate surface area is 164 Å². The zero-order chi connectivity index (χ0) is 19.8. The van der Waals surface area contributed by atoms with Gasteiger partial charge >= 0.3 is 0 Å². The van der Waals surface area contributed by atoms with Crippen LogP contribution >= 0.6 is 11.3 Å². The van der Waals surface area contributed by atoms with Crippen molar-refractivity contribution in [2.24, 2.45) is 5.92 Å². The van der Waals surface area contributed by atoms with Gasteiger partial charge in [0.1, 0.15) is 16.5 Å². The number of nitrogens with zero attached hydrogens (tertiary/aromatic N) is 2. The van der Waals surface area contributed by atoms with Crippen LogP contribution in [0.5, 0.6) is 0 Å². The fourth-order valence-electron chi connectivity index (χ4n) is 3.09. The van der Waals surface area contributed by atoms with Crippen molar-refractivity contribution in [1.29, 1.82) is 0 Å². The summed E-state index contributed by atoms with van der Waals surface area (Å²) in [5.74, 6) is 2.13. The van der Waals surface area contributed by atoms with Gasteiger partial charge in [0, 0.05) is 12.3 Å². The average Bonchev–Trinajstić information content (AvgIpc) is 2.96. The molecule has 1 N–H and O–H groups in total. The van der Waals surface area contributed by atoms with E-state index in [1.54, 1.807) is 23.5 Å². The van der Waals surface area contributed by atoms with E-state index in [0.717, 1.165) is 33.8 Å². The molecule has 0 radical (unpaired) electrons. The van der Waals surface area contributed by atoms with Crippen molar-refractivity contribution in [3.63, 3.8) is 0 Å². The molecule has 2 heterocycles. The molecule has 0 bridgehead atoms. The highest BCUT2D eigenvalue weighted by Gasteiger charge is 2.16. The summed E-state index contributed by atoms with van der Waals surface area (Å²) >= 11 is 1.65. The van der Waals surface area contributed by atoms with Crippen LogP contribution in [0, 0.1) is 12.8 Å². The van der Waals surface area contributed by atoms with Crippen molar-refractivity contribution in [2.75, 3.05) is 11.6 Å². The third kappa shape index (κ3) is 4.47. The van der Waals surface area contributed by atoms with Crippen LogP contribution in [0.25, 0.3) is 10.2 Å². The molecule has 7 heteroatoms. The van der Waals surface area contributed by atoms with Crippen LogP contribution in [0.4, 0.5) is 5.82 Å². The first-order chi connectivity index (χ1) is 12.6. The van der Waals surface area contributed by atoms with Crippen molar-refractivity contribution in [1.82, 2.24) is 9.97 Å². The summed E-state index contributed by atoms with van der Waals surface area (Å²) in [5, 5.41) is 6.78. The van der Waals surface area contributed by atoms with E-state index in [0.29, 0.717) is 10.8 Å². The van der Waals surface area contributed by atoms with Gasteiger partial charge < -0.3 is 5.32 Å². The number of hydrogen-bond acceptors (Lipinski definition) is 6. The molecular formula is C20H25N3O2S2. The Kier molecular flexibility index (Phi) is 5.53. The highest BCUT2D eigenvalue weighted by atomic mass is 32.2. The Hall–Kier alpha value is -1.99. The second-order valence-corrected chi connectivity index (χ2v) is 10.2. The Bertz CT molecular complexity index is 1050. The minimum absolute atomic E-state index is 0.0112. The van der Waals surface area contributed by atoms with Gasteiger partial charge in [0.05, 0.1) is 10.3 Å². The smallest absolute Gasteiger partial charge is 0.175 e. The van der Waals surface area contributed by atoms with Crippen molar-refractivity contribution < 1.29 is 8.42 Å². The summed E-state index contributed by atoms with van der Waals surface area (Å²) in [6, 6.07) is 6.99. The van der Waals surface area contributed by atoms with Crippen LogP contribution < -0.4 is 5.32 Å². The first kappa shape index (κ1) is 19.8. The average molecular weight is 404 g/mol. The summed E-state index contributed by atoms with van der Waals surface area (Å²) in [6.07, 6.45) is 2.20. The summed E-state index contributed by atoms with van der Waals surface area (Å²) in [4.78, 5) is 10.6. The molecular weight excluding hydrogens is 378 g/mol. The van der Waals surface area contributed by atoms with Gasteiger partial charge in [-0.25, -0.2) is 18.4 Å². The van der Waals surface area contributed by atoms with E-state index in [1.807, 2.05) is 26.0 Å². The van der Waals surface area contributed by atoms with Gasteiger partial charge in [0.25, 0.3) is 0 Å². The lowest BCUT2D eigenvalue weighted by molar-refractivity contribution is 0.602. The van der Waals surface area contributed by atoms with E-state index in [-0.39, 0.29) is 6.04 Å². The molecule has 5 nitrogen and oxygen atoms in total. The maximum Gasteiger partial charge on any atom is 0.175 e. The number of thiophene rings is 1. The molecule has 1 unspecified atom stereocenters. The molecule has 0 amide bonds. The lowest BCUT2D eigenvalue weighted by Crippen LogP contribution is -2.10. The Morgan fingerprint density at radius 1 is 1.11 bits per heavy atom. The number of aromatic nitrogens is 2. The standard InChI is InChI=1S/C20H25N3O2S2/c1-12(2)10-16-11-26-20-18(16)19(22-14(4)23-20)21-13(3)15-6-8-17(9-7-15)27(5,24)25/h6-9,11-13H,10H2,1-5H3,(H,21,22,23). The molecule has 0 fully saturated rings. The minimum atomic E-state index is -3.19. The predicted octanol–water partition coefficient (Wildman–Crippen LogP) is 4.77. The predicted molar refractivity (Wildman–Crippen MR) is 112 cm³/mol. The van der Waals surface area contributed by atoms with E-state index in [4.69, 9.17) is 0 Å². The molecule has 144 valence electrons. The molecule has 0 spiro atoms. The Morgan fingerprint density at radius 3 is 2.37 bits per heavy atom. The fourth-order valence-corrected chi connectivity index (χ4v) is 4.72. The molecule has 0 aliphatic carbocycles. The third-order valence-corrected chi connectivity index (χ3v) is 6.46. The molecule has 3 aromatic rings. The number of aryl methyl sites for hydroxylation is 1. The number of rotatable bonds is 6. The molecule has 1 aromatic carbocycles. The SMILES string of the molecule is Cc1nc(NC(C)c2ccc(S(C)(=O)=O)cc2)c2c(CC(C)C)csc2n1. The van der Waals surface area contributed by atoms with Crippen molar-refractivity contribution in [3.8, 4) is 0 Å². The Balaban J connectivity index is 1.94. The third-order valence-electron chi connectivity index (χ3n) is 4.41. The highest BCUT2D eigenvalue weighted by molar-refractivity contribution is 7.90. The van der Waals surface area contributed by atoms with Crippen LogP contribution in [0.2, 0.25) is 0 Å². The first-order valence-corrected chi connectivity index (χ1v) is 11.7. The first-order valence-electron chi connectivity index (χ1n) is 8.96. The lowest BCUT2D eigenvalue weighted by atomic mass is 10.0. The zero-order valence-electron chi connectivity index (χ0n) is 16.3. The van der Waals surface area contributed by atoms with Crippen LogP contribution in [0.15, 0.2) is 34.5 Å². The van der Waals surface area contributed by atoms with Gasteiger partial charge in [-0.3, -0.25) is 0 Å². The number of anilines is 1. The largest absolute Gasteiger partial charge is 0.363 e. The van der Waals surface area contributed by atoms with Crippen molar-refractivity contribution >= 4 is 37.2 Å². The minimum Gasteiger partial charge on any atom is -0.363 e. The van der Waals surface area contributed by atoms with E-state index < -0.39 is 9.84 Å². The number of benzene rings is 1. The van der Waals surface area contributed by atoms with Crippen LogP contribution in [-0.2, 0) is 16.3 Å². The van der Waals surface area contributed by atoms with E-state index in [1.165, 1.54) is 11.8 Å². The molecule has 3 rings (SSSR count). The van der Waals surface area contributed by atoms with Gasteiger partial charge in [0.2, 0.25) is 0 Å². The molecule has 0 saturated carbocycles. The summed E-state index contributed by atoms with van der Waals surface area (Å²) in [5.41, 5.74) is 2.28. The number of sulfone groups is 1. The van der Waals surface area contributed by atoms with E-state index in [2.05, 4.69) is 34.5 Å². The van der Waals surface area contributed by atoms with Crippen LogP contribution in [-0.4, -0.2) is 24.6 Å². The van der Waals surface area contributed by atoms with Gasteiger partial charge in [-0.2, -0.15) is 0 Å². The summed E-state index contributed by atoms with van der Waals surface area (Å²) < 4.78 is 23.3. The van der Waals surface area contributed by atoms with Crippen molar-refractivity contribution in [2.45, 2.75) is 45.1 Å². The molecule has 27 heavy (non-hydrogen) atoms. The zero-order valence-corrected chi connectivity index (χ0v) is 17.9.